The molecule has 0 unspecified atom stereocenters. The van der Waals surface area contributed by atoms with E-state index in [1.165, 1.54) is 0 Å². The van der Waals surface area contributed by atoms with E-state index >= 15 is 0 Å². The number of aryl methyl sites for hydroxylation is 1. The van der Waals surface area contributed by atoms with E-state index in [1.54, 1.807) is 18.3 Å². The molecule has 1 aromatic heterocycles. The second-order valence-corrected chi connectivity index (χ2v) is 4.56. The lowest BCUT2D eigenvalue weighted by atomic mass is 10.3. The number of esters is 1. The Kier molecular flexibility index (Phi) is 5.20. The van der Waals surface area contributed by atoms with E-state index < -0.39 is 0 Å². The van der Waals surface area contributed by atoms with Gasteiger partial charge in [-0.3, -0.25) is 4.79 Å². The molecule has 21 heavy (non-hydrogen) atoms. The van der Waals surface area contributed by atoms with E-state index in [0.717, 1.165) is 5.82 Å². The molecule has 2 aromatic rings. The van der Waals surface area contributed by atoms with E-state index in [9.17, 15) is 4.79 Å². The third kappa shape index (κ3) is 4.52. The number of rotatable bonds is 7. The van der Waals surface area contributed by atoms with E-state index in [2.05, 4.69) is 4.98 Å². The largest absolute Gasteiger partial charge is 0.491 e. The maximum absolute atomic E-state index is 11.6. The van der Waals surface area contributed by atoms with Crippen LogP contribution in [-0.2, 0) is 23.0 Å². The zero-order valence-electron chi connectivity index (χ0n) is 12.0. The van der Waals surface area contributed by atoms with Gasteiger partial charge in [0.15, 0.2) is 0 Å². The topological polar surface area (TPSA) is 79.4 Å². The number of nitrogens with zero attached hydrogens (tertiary/aromatic N) is 2. The number of imidazole rings is 1. The van der Waals surface area contributed by atoms with Gasteiger partial charge in [-0.05, 0) is 12.1 Å². The summed E-state index contributed by atoms with van der Waals surface area (Å²) in [6.07, 6.45) is 4.36. The SMILES string of the molecule is Cn1ccnc1CCOC(=O)CCOc1ccccc1N. The number of hydrogen-bond acceptors (Lipinski definition) is 5. The molecule has 0 saturated heterocycles. The molecule has 2 N–H and O–H groups in total. The number of ether oxygens (including phenoxy) is 2. The Hall–Kier alpha value is -2.50. The summed E-state index contributed by atoms with van der Waals surface area (Å²) in [5, 5.41) is 0. The smallest absolute Gasteiger partial charge is 0.309 e. The van der Waals surface area contributed by atoms with Crippen molar-refractivity contribution in [2.45, 2.75) is 12.8 Å². The van der Waals surface area contributed by atoms with Gasteiger partial charge >= 0.3 is 5.97 Å². The fraction of sp³-hybridized carbons (Fsp3) is 0.333. The summed E-state index contributed by atoms with van der Waals surface area (Å²) in [5.74, 6) is 1.17. The van der Waals surface area contributed by atoms with E-state index in [0.29, 0.717) is 24.5 Å². The minimum absolute atomic E-state index is 0.189. The summed E-state index contributed by atoms with van der Waals surface area (Å²) in [7, 11) is 1.91. The molecule has 0 aliphatic carbocycles. The maximum atomic E-state index is 11.6. The molecule has 1 aromatic carbocycles. The fourth-order valence-electron chi connectivity index (χ4n) is 1.82. The quantitative estimate of drug-likeness (QED) is 0.618. The summed E-state index contributed by atoms with van der Waals surface area (Å²) in [6.45, 7) is 0.562. The number of aromatic nitrogens is 2. The molecule has 0 fully saturated rings. The molecule has 6 heteroatoms. The first kappa shape index (κ1) is 14.9. The van der Waals surface area contributed by atoms with Crippen LogP contribution in [-0.4, -0.2) is 28.7 Å². The van der Waals surface area contributed by atoms with Crippen molar-refractivity contribution in [3.8, 4) is 5.75 Å². The van der Waals surface area contributed by atoms with Crippen molar-refractivity contribution >= 4 is 11.7 Å². The Morgan fingerprint density at radius 2 is 2.14 bits per heavy atom. The van der Waals surface area contributed by atoms with E-state index in [1.807, 2.05) is 29.9 Å². The van der Waals surface area contributed by atoms with Gasteiger partial charge in [0, 0.05) is 25.9 Å². The molecule has 0 saturated carbocycles. The van der Waals surface area contributed by atoms with Gasteiger partial charge in [0.1, 0.15) is 11.6 Å². The monoisotopic (exact) mass is 289 g/mol. The van der Waals surface area contributed by atoms with Crippen molar-refractivity contribution in [3.05, 3.63) is 42.5 Å². The van der Waals surface area contributed by atoms with Crippen LogP contribution < -0.4 is 10.5 Å². The van der Waals surface area contributed by atoms with Crippen molar-refractivity contribution in [1.29, 1.82) is 0 Å². The van der Waals surface area contributed by atoms with Crippen LogP contribution in [0.5, 0.6) is 5.75 Å². The Balaban J connectivity index is 1.64. The minimum atomic E-state index is -0.293. The second kappa shape index (κ2) is 7.33. The van der Waals surface area contributed by atoms with Crippen LogP contribution in [0.4, 0.5) is 5.69 Å². The van der Waals surface area contributed by atoms with Crippen LogP contribution in [0.3, 0.4) is 0 Å². The first-order valence-electron chi connectivity index (χ1n) is 6.76. The number of anilines is 1. The molecule has 2 rings (SSSR count). The number of para-hydroxylation sites is 2. The summed E-state index contributed by atoms with van der Waals surface area (Å²) in [5.41, 5.74) is 6.29. The van der Waals surface area contributed by atoms with Crippen molar-refractivity contribution in [2.75, 3.05) is 18.9 Å². The van der Waals surface area contributed by atoms with Gasteiger partial charge in [-0.1, -0.05) is 12.1 Å². The zero-order valence-corrected chi connectivity index (χ0v) is 12.0. The minimum Gasteiger partial charge on any atom is -0.491 e. The van der Waals surface area contributed by atoms with Crippen molar-refractivity contribution in [3.63, 3.8) is 0 Å². The average molecular weight is 289 g/mol. The van der Waals surface area contributed by atoms with Gasteiger partial charge in [-0.15, -0.1) is 0 Å². The highest BCUT2D eigenvalue weighted by Gasteiger charge is 2.06. The van der Waals surface area contributed by atoms with Crippen LogP contribution in [0.1, 0.15) is 12.2 Å². The van der Waals surface area contributed by atoms with Crippen LogP contribution in [0.2, 0.25) is 0 Å². The van der Waals surface area contributed by atoms with Crippen molar-refractivity contribution in [1.82, 2.24) is 9.55 Å². The molecule has 1 heterocycles. The number of nitrogens with two attached hydrogens (primary N) is 1. The average Bonchev–Trinajstić information content (AvgIpc) is 2.87. The van der Waals surface area contributed by atoms with Gasteiger partial charge in [-0.25, -0.2) is 4.98 Å². The second-order valence-electron chi connectivity index (χ2n) is 4.56. The van der Waals surface area contributed by atoms with Crippen molar-refractivity contribution < 1.29 is 14.3 Å². The number of carbonyl (C=O) groups is 1. The van der Waals surface area contributed by atoms with Gasteiger partial charge < -0.3 is 19.8 Å². The van der Waals surface area contributed by atoms with Gasteiger partial charge in [-0.2, -0.15) is 0 Å². The summed E-state index contributed by atoms with van der Waals surface area (Å²) < 4.78 is 12.5. The predicted octanol–water partition coefficient (Wildman–Crippen LogP) is 1.56. The Labute approximate surface area is 123 Å². The fourth-order valence-corrected chi connectivity index (χ4v) is 1.82. The van der Waals surface area contributed by atoms with Gasteiger partial charge in [0.2, 0.25) is 0 Å². The molecular weight excluding hydrogens is 270 g/mol. The third-order valence-electron chi connectivity index (χ3n) is 2.99. The summed E-state index contributed by atoms with van der Waals surface area (Å²) >= 11 is 0. The number of benzene rings is 1. The Morgan fingerprint density at radius 1 is 1.33 bits per heavy atom. The summed E-state index contributed by atoms with van der Waals surface area (Å²) in [6, 6.07) is 7.17. The lowest BCUT2D eigenvalue weighted by molar-refractivity contribution is -0.144. The Bertz CT molecular complexity index is 595. The maximum Gasteiger partial charge on any atom is 0.309 e. The summed E-state index contributed by atoms with van der Waals surface area (Å²) in [4.78, 5) is 15.7. The molecule has 0 radical (unpaired) electrons. The highest BCUT2D eigenvalue weighted by atomic mass is 16.5. The molecule has 0 bridgehead atoms. The van der Waals surface area contributed by atoms with E-state index in [4.69, 9.17) is 15.2 Å². The molecule has 0 aliphatic rings. The molecule has 112 valence electrons. The van der Waals surface area contributed by atoms with Crippen LogP contribution in [0.15, 0.2) is 36.7 Å². The predicted molar refractivity (Wildman–Crippen MR) is 78.8 cm³/mol. The van der Waals surface area contributed by atoms with Crippen LogP contribution >= 0.6 is 0 Å². The lowest BCUT2D eigenvalue weighted by Crippen LogP contribution is -2.13. The zero-order chi connectivity index (χ0) is 15.1. The van der Waals surface area contributed by atoms with Crippen molar-refractivity contribution in [2.24, 2.45) is 7.05 Å². The number of hydrogen-bond donors (Lipinski definition) is 1. The highest BCUT2D eigenvalue weighted by molar-refractivity contribution is 5.69. The molecular formula is C15H19N3O3. The first-order chi connectivity index (χ1) is 10.2. The molecule has 0 aliphatic heterocycles. The number of nitrogen functional groups attached to an aromatic ring is 1. The molecule has 0 atom stereocenters. The molecule has 6 nitrogen and oxygen atoms in total. The standard InChI is InChI=1S/C15H19N3O3/c1-18-9-8-17-14(18)6-10-21-15(19)7-11-20-13-5-3-2-4-12(13)16/h2-5,8-9H,6-7,10-11,16H2,1H3. The lowest BCUT2D eigenvalue weighted by Gasteiger charge is -2.08. The molecule has 0 spiro atoms. The first-order valence-corrected chi connectivity index (χ1v) is 6.76. The third-order valence-corrected chi connectivity index (χ3v) is 2.99. The Morgan fingerprint density at radius 3 is 2.86 bits per heavy atom. The van der Waals surface area contributed by atoms with E-state index in [-0.39, 0.29) is 19.0 Å². The number of carbonyl (C=O) groups excluding carboxylic acids is 1. The highest BCUT2D eigenvalue weighted by Crippen LogP contribution is 2.19. The van der Waals surface area contributed by atoms with Crippen LogP contribution in [0.25, 0.3) is 0 Å². The molecule has 0 amide bonds. The van der Waals surface area contributed by atoms with Crippen LogP contribution in [0, 0.1) is 0 Å². The normalized spacial score (nSPS) is 10.3. The van der Waals surface area contributed by atoms with Gasteiger partial charge in [0.05, 0.1) is 25.3 Å². The van der Waals surface area contributed by atoms with Gasteiger partial charge in [0.25, 0.3) is 0 Å².